The third-order valence-electron chi connectivity index (χ3n) is 2.95. The fourth-order valence-corrected chi connectivity index (χ4v) is 2.57. The molecule has 2 aromatic rings. The molecule has 2 aromatic heterocycles. The minimum absolute atomic E-state index is 0.171. The average Bonchev–Trinajstić information content (AvgIpc) is 2.93. The number of amides is 2. The number of anilines is 1. The molecule has 2 N–H and O–H groups in total. The van der Waals surface area contributed by atoms with Gasteiger partial charge >= 0.3 is 6.03 Å². The highest BCUT2D eigenvalue weighted by Crippen LogP contribution is 2.19. The van der Waals surface area contributed by atoms with E-state index in [1.807, 2.05) is 19.5 Å². The van der Waals surface area contributed by atoms with E-state index >= 15 is 0 Å². The summed E-state index contributed by atoms with van der Waals surface area (Å²) in [4.78, 5) is 17.8. The van der Waals surface area contributed by atoms with Crippen molar-refractivity contribution in [1.29, 1.82) is 0 Å². The van der Waals surface area contributed by atoms with Crippen molar-refractivity contribution in [2.45, 2.75) is 6.04 Å². The van der Waals surface area contributed by atoms with Crippen molar-refractivity contribution < 1.29 is 4.79 Å². The summed E-state index contributed by atoms with van der Waals surface area (Å²) in [5, 5.41) is 9.82. The Kier molecular flexibility index (Phi) is 5.09. The monoisotopic (exact) mass is 290 g/mol. The Labute approximate surface area is 122 Å². The van der Waals surface area contributed by atoms with Crippen LogP contribution in [0.1, 0.15) is 11.6 Å². The molecule has 2 heterocycles. The van der Waals surface area contributed by atoms with E-state index in [1.165, 1.54) is 5.56 Å². The molecule has 0 aliphatic rings. The van der Waals surface area contributed by atoms with Crippen LogP contribution in [-0.4, -0.2) is 36.6 Å². The van der Waals surface area contributed by atoms with Crippen molar-refractivity contribution in [2.75, 3.05) is 26.0 Å². The van der Waals surface area contributed by atoms with Crippen molar-refractivity contribution in [2.24, 2.45) is 0 Å². The van der Waals surface area contributed by atoms with Gasteiger partial charge in [0.25, 0.3) is 0 Å². The topological polar surface area (TPSA) is 57.3 Å². The van der Waals surface area contributed by atoms with Gasteiger partial charge in [-0.2, -0.15) is 11.3 Å². The van der Waals surface area contributed by atoms with Crippen molar-refractivity contribution in [3.05, 3.63) is 46.9 Å². The van der Waals surface area contributed by atoms with Gasteiger partial charge in [-0.3, -0.25) is 4.98 Å². The summed E-state index contributed by atoms with van der Waals surface area (Å²) in [5.74, 6) is 0. The fraction of sp³-hybridized carbons (Fsp3) is 0.286. The van der Waals surface area contributed by atoms with Crippen LogP contribution in [0.3, 0.4) is 0 Å². The van der Waals surface area contributed by atoms with Gasteiger partial charge in [0.15, 0.2) is 0 Å². The van der Waals surface area contributed by atoms with E-state index in [-0.39, 0.29) is 12.1 Å². The normalized spacial score (nSPS) is 12.2. The molecule has 0 aliphatic carbocycles. The first-order chi connectivity index (χ1) is 9.66. The highest BCUT2D eigenvalue weighted by Gasteiger charge is 2.15. The summed E-state index contributed by atoms with van der Waals surface area (Å²) < 4.78 is 0. The number of nitrogens with one attached hydrogen (secondary N) is 2. The molecule has 1 atom stereocenters. The predicted molar refractivity (Wildman–Crippen MR) is 82.0 cm³/mol. The number of hydrogen-bond donors (Lipinski definition) is 2. The molecule has 6 heteroatoms. The molecule has 20 heavy (non-hydrogen) atoms. The zero-order chi connectivity index (χ0) is 14.4. The minimum Gasteiger partial charge on any atom is -0.336 e. The van der Waals surface area contributed by atoms with Gasteiger partial charge in [-0.1, -0.05) is 0 Å². The van der Waals surface area contributed by atoms with E-state index in [4.69, 9.17) is 0 Å². The van der Waals surface area contributed by atoms with Crippen LogP contribution in [0.2, 0.25) is 0 Å². The maximum Gasteiger partial charge on any atom is 0.319 e. The molecule has 2 rings (SSSR count). The summed E-state index contributed by atoms with van der Waals surface area (Å²) in [6, 6.07) is 5.55. The number of rotatable bonds is 5. The van der Waals surface area contributed by atoms with Gasteiger partial charge < -0.3 is 15.5 Å². The largest absolute Gasteiger partial charge is 0.336 e. The zero-order valence-corrected chi connectivity index (χ0v) is 12.4. The fourth-order valence-electron chi connectivity index (χ4n) is 1.86. The van der Waals surface area contributed by atoms with Crippen LogP contribution in [0.15, 0.2) is 41.4 Å². The van der Waals surface area contributed by atoms with Crippen LogP contribution in [0.4, 0.5) is 10.5 Å². The Morgan fingerprint density at radius 1 is 1.35 bits per heavy atom. The second-order valence-corrected chi connectivity index (χ2v) is 5.39. The first-order valence-corrected chi connectivity index (χ1v) is 7.24. The third kappa shape index (κ3) is 4.04. The highest BCUT2D eigenvalue weighted by atomic mass is 32.1. The van der Waals surface area contributed by atoms with Crippen LogP contribution < -0.4 is 10.6 Å². The lowest BCUT2D eigenvalue weighted by Crippen LogP contribution is -2.36. The summed E-state index contributed by atoms with van der Waals surface area (Å²) in [5.41, 5.74) is 1.94. The molecule has 0 fully saturated rings. The van der Waals surface area contributed by atoms with Crippen LogP contribution in [-0.2, 0) is 0 Å². The highest BCUT2D eigenvalue weighted by molar-refractivity contribution is 7.07. The molecule has 0 saturated heterocycles. The van der Waals surface area contributed by atoms with E-state index in [9.17, 15) is 4.79 Å². The number of aromatic nitrogens is 1. The van der Waals surface area contributed by atoms with Gasteiger partial charge in [-0.25, -0.2) is 4.79 Å². The second-order valence-electron chi connectivity index (χ2n) is 4.61. The first-order valence-electron chi connectivity index (χ1n) is 6.30. The summed E-state index contributed by atoms with van der Waals surface area (Å²) in [6.07, 6.45) is 3.28. The molecule has 106 valence electrons. The van der Waals surface area contributed by atoms with Crippen LogP contribution >= 0.6 is 11.3 Å². The molecule has 0 bridgehead atoms. The summed E-state index contributed by atoms with van der Waals surface area (Å²) >= 11 is 1.66. The van der Waals surface area contributed by atoms with E-state index in [0.717, 1.165) is 5.69 Å². The molecular weight excluding hydrogens is 272 g/mol. The van der Waals surface area contributed by atoms with Gasteiger partial charge in [0.2, 0.25) is 0 Å². The SMILES string of the molecule is CN(C)C(CNC(=O)Nc1ccncc1)c1ccsc1. The molecule has 5 nitrogen and oxygen atoms in total. The molecule has 0 aromatic carbocycles. The van der Waals surface area contributed by atoms with Crippen molar-refractivity contribution in [3.8, 4) is 0 Å². The number of carbonyl (C=O) groups excluding carboxylic acids is 1. The maximum atomic E-state index is 11.9. The molecule has 0 spiro atoms. The molecule has 0 aliphatic heterocycles. The first kappa shape index (κ1) is 14.5. The van der Waals surface area contributed by atoms with Crippen molar-refractivity contribution in [3.63, 3.8) is 0 Å². The van der Waals surface area contributed by atoms with Crippen LogP contribution in [0.25, 0.3) is 0 Å². The summed E-state index contributed by atoms with van der Waals surface area (Å²) in [7, 11) is 4.01. The Morgan fingerprint density at radius 2 is 2.10 bits per heavy atom. The van der Waals surface area contributed by atoms with Gasteiger partial charge in [0.1, 0.15) is 0 Å². The number of pyridine rings is 1. The van der Waals surface area contributed by atoms with Gasteiger partial charge in [0.05, 0.1) is 6.04 Å². The van der Waals surface area contributed by atoms with E-state index in [0.29, 0.717) is 6.54 Å². The lowest BCUT2D eigenvalue weighted by molar-refractivity contribution is 0.243. The third-order valence-corrected chi connectivity index (χ3v) is 3.65. The lowest BCUT2D eigenvalue weighted by atomic mass is 10.1. The average molecular weight is 290 g/mol. The van der Waals surface area contributed by atoms with E-state index in [1.54, 1.807) is 35.9 Å². The lowest BCUT2D eigenvalue weighted by Gasteiger charge is -2.24. The minimum atomic E-state index is -0.210. The Bertz CT molecular complexity index is 527. The van der Waals surface area contributed by atoms with Gasteiger partial charge in [-0.15, -0.1) is 0 Å². The van der Waals surface area contributed by atoms with E-state index in [2.05, 4.69) is 32.0 Å². The van der Waals surface area contributed by atoms with Crippen LogP contribution in [0.5, 0.6) is 0 Å². The Hall–Kier alpha value is -1.92. The predicted octanol–water partition coefficient (Wildman–Crippen LogP) is 2.57. The van der Waals surface area contributed by atoms with Crippen LogP contribution in [0, 0.1) is 0 Å². The molecule has 2 amide bonds. The standard InChI is InChI=1S/C14H18N4OS/c1-18(2)13(11-5-8-20-10-11)9-16-14(19)17-12-3-6-15-7-4-12/h3-8,10,13H,9H2,1-2H3,(H2,15,16,17,19). The Balaban J connectivity index is 1.88. The number of nitrogens with zero attached hydrogens (tertiary/aromatic N) is 2. The molecule has 0 radical (unpaired) electrons. The van der Waals surface area contributed by atoms with Gasteiger partial charge in [0, 0.05) is 24.6 Å². The quantitative estimate of drug-likeness (QED) is 0.890. The maximum absolute atomic E-state index is 11.9. The number of likely N-dealkylation sites (N-methyl/N-ethyl adjacent to an activating group) is 1. The van der Waals surface area contributed by atoms with Crippen molar-refractivity contribution >= 4 is 23.1 Å². The van der Waals surface area contributed by atoms with Gasteiger partial charge in [-0.05, 0) is 48.6 Å². The molecule has 0 saturated carbocycles. The smallest absolute Gasteiger partial charge is 0.319 e. The number of thiophene rings is 1. The molecular formula is C14H18N4OS. The number of hydrogen-bond acceptors (Lipinski definition) is 4. The summed E-state index contributed by atoms with van der Waals surface area (Å²) in [6.45, 7) is 0.556. The Morgan fingerprint density at radius 3 is 2.70 bits per heavy atom. The van der Waals surface area contributed by atoms with E-state index < -0.39 is 0 Å². The second kappa shape index (κ2) is 7.02. The molecule has 1 unspecified atom stereocenters. The number of urea groups is 1. The van der Waals surface area contributed by atoms with Crippen molar-refractivity contribution in [1.82, 2.24) is 15.2 Å². The number of carbonyl (C=O) groups is 1. The zero-order valence-electron chi connectivity index (χ0n) is 11.5.